The molecule has 1 unspecified atom stereocenters. The number of Topliss-reactive ketones (excluding diaryl/α,β-unsaturated/α-hetero) is 1. The minimum atomic E-state index is -0.115. The van der Waals surface area contributed by atoms with Gasteiger partial charge < -0.3 is 4.90 Å². The third-order valence-electron chi connectivity index (χ3n) is 2.98. The number of nitrogens with zero attached hydrogens (tertiary/aromatic N) is 1. The number of amides is 1. The monoisotopic (exact) mass is 285 g/mol. The van der Waals surface area contributed by atoms with Gasteiger partial charge in [-0.05, 0) is 24.1 Å². The van der Waals surface area contributed by atoms with Gasteiger partial charge in [0.05, 0.1) is 16.6 Å². The summed E-state index contributed by atoms with van der Waals surface area (Å²) in [6.45, 7) is 2.76. The molecule has 0 aliphatic carbocycles. The smallest absolute Gasteiger partial charge is 0.223 e. The van der Waals surface area contributed by atoms with Crippen molar-refractivity contribution in [3.8, 4) is 0 Å². The van der Waals surface area contributed by atoms with Gasteiger partial charge in [-0.3, -0.25) is 9.59 Å². The van der Waals surface area contributed by atoms with Crippen molar-refractivity contribution in [2.75, 3.05) is 13.1 Å². The van der Waals surface area contributed by atoms with Crippen LogP contribution in [0.25, 0.3) is 0 Å². The third kappa shape index (κ3) is 2.85. The lowest BCUT2D eigenvalue weighted by Gasteiger charge is -2.15. The molecule has 0 radical (unpaired) electrons. The second-order valence-corrected chi connectivity index (χ2v) is 5.45. The Morgan fingerprint density at radius 3 is 2.67 bits per heavy atom. The topological polar surface area (TPSA) is 37.4 Å². The molecule has 0 aromatic heterocycles. The molecule has 1 atom stereocenters. The van der Waals surface area contributed by atoms with Crippen LogP contribution in [0.1, 0.15) is 23.7 Å². The number of benzene rings is 1. The SMILES string of the molecule is CC1CC(=O)N(CC(=O)c2ccc(Cl)c(Cl)c2)C1. The first kappa shape index (κ1) is 13.4. The fourth-order valence-electron chi connectivity index (χ4n) is 2.06. The summed E-state index contributed by atoms with van der Waals surface area (Å²) in [4.78, 5) is 25.2. The summed E-state index contributed by atoms with van der Waals surface area (Å²) in [6, 6.07) is 4.75. The molecule has 1 aromatic carbocycles. The Balaban J connectivity index is 2.08. The highest BCUT2D eigenvalue weighted by atomic mass is 35.5. The Morgan fingerprint density at radius 1 is 1.39 bits per heavy atom. The molecule has 0 N–H and O–H groups in total. The van der Waals surface area contributed by atoms with Crippen molar-refractivity contribution in [2.45, 2.75) is 13.3 Å². The average molecular weight is 286 g/mol. The van der Waals surface area contributed by atoms with Crippen molar-refractivity contribution in [1.29, 1.82) is 0 Å². The number of rotatable bonds is 3. The molecule has 1 fully saturated rings. The van der Waals surface area contributed by atoms with Gasteiger partial charge in [0.25, 0.3) is 0 Å². The molecule has 1 aliphatic rings. The van der Waals surface area contributed by atoms with Gasteiger partial charge in [0.2, 0.25) is 5.91 Å². The predicted octanol–water partition coefficient (Wildman–Crippen LogP) is 3.04. The van der Waals surface area contributed by atoms with Gasteiger partial charge in [-0.25, -0.2) is 0 Å². The van der Waals surface area contributed by atoms with E-state index in [1.807, 2.05) is 6.92 Å². The molecule has 0 spiro atoms. The van der Waals surface area contributed by atoms with Crippen LogP contribution in [0.2, 0.25) is 10.0 Å². The summed E-state index contributed by atoms with van der Waals surface area (Å²) < 4.78 is 0. The molecule has 1 saturated heterocycles. The molecule has 1 aromatic rings. The molecule has 1 heterocycles. The zero-order valence-electron chi connectivity index (χ0n) is 9.95. The van der Waals surface area contributed by atoms with Crippen LogP contribution in [-0.4, -0.2) is 29.7 Å². The van der Waals surface area contributed by atoms with Crippen molar-refractivity contribution < 1.29 is 9.59 Å². The van der Waals surface area contributed by atoms with Crippen LogP contribution >= 0.6 is 23.2 Å². The van der Waals surface area contributed by atoms with Crippen LogP contribution in [0.4, 0.5) is 0 Å². The number of hydrogen-bond acceptors (Lipinski definition) is 2. The van der Waals surface area contributed by atoms with Gasteiger partial charge in [-0.2, -0.15) is 0 Å². The number of ketones is 1. The van der Waals surface area contributed by atoms with Crippen molar-refractivity contribution in [3.63, 3.8) is 0 Å². The predicted molar refractivity (Wildman–Crippen MR) is 71.2 cm³/mol. The number of carbonyl (C=O) groups excluding carboxylic acids is 2. The number of halogens is 2. The highest BCUT2D eigenvalue weighted by Gasteiger charge is 2.28. The summed E-state index contributed by atoms with van der Waals surface area (Å²) in [5.74, 6) is 0.242. The zero-order chi connectivity index (χ0) is 13.3. The summed E-state index contributed by atoms with van der Waals surface area (Å²) in [5.41, 5.74) is 0.483. The Kier molecular flexibility index (Phi) is 3.93. The maximum absolute atomic E-state index is 12.0. The van der Waals surface area contributed by atoms with Crippen molar-refractivity contribution in [2.24, 2.45) is 5.92 Å². The molecular weight excluding hydrogens is 273 g/mol. The van der Waals surface area contributed by atoms with Crippen LogP contribution in [0.3, 0.4) is 0 Å². The molecule has 1 aliphatic heterocycles. The first-order chi connectivity index (χ1) is 8.47. The van der Waals surface area contributed by atoms with Crippen LogP contribution in [0, 0.1) is 5.92 Å². The maximum atomic E-state index is 12.0. The first-order valence-corrected chi connectivity index (χ1v) is 6.49. The van der Waals surface area contributed by atoms with E-state index in [0.717, 1.165) is 0 Å². The van der Waals surface area contributed by atoms with Gasteiger partial charge >= 0.3 is 0 Å². The van der Waals surface area contributed by atoms with Gasteiger partial charge in [0, 0.05) is 18.5 Å². The lowest BCUT2D eigenvalue weighted by atomic mass is 10.1. The minimum Gasteiger partial charge on any atom is -0.335 e. The van der Waals surface area contributed by atoms with Crippen LogP contribution < -0.4 is 0 Å². The van der Waals surface area contributed by atoms with Gasteiger partial charge in [0.1, 0.15) is 0 Å². The minimum absolute atomic E-state index is 0.0379. The highest BCUT2D eigenvalue weighted by Crippen LogP contribution is 2.23. The van der Waals surface area contributed by atoms with Gasteiger partial charge in [0.15, 0.2) is 5.78 Å². The molecule has 0 saturated carbocycles. The van der Waals surface area contributed by atoms with Gasteiger partial charge in [-0.1, -0.05) is 30.1 Å². The van der Waals surface area contributed by atoms with E-state index in [-0.39, 0.29) is 18.2 Å². The van der Waals surface area contributed by atoms with E-state index in [2.05, 4.69) is 0 Å². The molecule has 5 heteroatoms. The van der Waals surface area contributed by atoms with Crippen molar-refractivity contribution in [1.82, 2.24) is 4.90 Å². The standard InChI is InChI=1S/C13H13Cl2NO2/c1-8-4-13(18)16(6-8)7-12(17)9-2-3-10(14)11(15)5-9/h2-3,5,8H,4,6-7H2,1H3. The van der Waals surface area contributed by atoms with E-state index in [1.54, 1.807) is 17.0 Å². The van der Waals surface area contributed by atoms with E-state index in [1.165, 1.54) is 6.07 Å². The molecule has 2 rings (SSSR count). The quantitative estimate of drug-likeness (QED) is 0.801. The van der Waals surface area contributed by atoms with Crippen LogP contribution in [-0.2, 0) is 4.79 Å². The highest BCUT2D eigenvalue weighted by molar-refractivity contribution is 6.42. The normalized spacial score (nSPS) is 19.4. The zero-order valence-corrected chi connectivity index (χ0v) is 11.5. The number of carbonyl (C=O) groups is 2. The fourth-order valence-corrected chi connectivity index (χ4v) is 2.35. The van der Waals surface area contributed by atoms with Crippen LogP contribution in [0.5, 0.6) is 0 Å². The van der Waals surface area contributed by atoms with E-state index in [4.69, 9.17) is 23.2 Å². The Hall–Kier alpha value is -1.06. The van der Waals surface area contributed by atoms with Crippen molar-refractivity contribution >= 4 is 34.9 Å². The third-order valence-corrected chi connectivity index (χ3v) is 3.72. The summed E-state index contributed by atoms with van der Waals surface area (Å²) in [7, 11) is 0. The first-order valence-electron chi connectivity index (χ1n) is 5.73. The lowest BCUT2D eigenvalue weighted by Crippen LogP contribution is -2.31. The fraction of sp³-hybridized carbons (Fsp3) is 0.385. The second kappa shape index (κ2) is 5.29. The van der Waals surface area contributed by atoms with E-state index in [9.17, 15) is 9.59 Å². The molecule has 1 amide bonds. The largest absolute Gasteiger partial charge is 0.335 e. The summed E-state index contributed by atoms with van der Waals surface area (Å²) in [5, 5.41) is 0.766. The average Bonchev–Trinajstić information content (AvgIpc) is 2.61. The molecular formula is C13H13Cl2NO2. The maximum Gasteiger partial charge on any atom is 0.223 e. The lowest BCUT2D eigenvalue weighted by molar-refractivity contribution is -0.127. The molecule has 0 bridgehead atoms. The summed E-state index contributed by atoms with van der Waals surface area (Å²) >= 11 is 11.7. The molecule has 18 heavy (non-hydrogen) atoms. The van der Waals surface area contributed by atoms with E-state index in [0.29, 0.717) is 34.5 Å². The number of likely N-dealkylation sites (tertiary alicyclic amines) is 1. The summed E-state index contributed by atoms with van der Waals surface area (Å²) in [6.07, 6.45) is 0.522. The van der Waals surface area contributed by atoms with E-state index >= 15 is 0 Å². The second-order valence-electron chi connectivity index (χ2n) is 4.64. The van der Waals surface area contributed by atoms with Crippen LogP contribution in [0.15, 0.2) is 18.2 Å². The Bertz CT molecular complexity index is 502. The molecule has 96 valence electrons. The number of hydrogen-bond donors (Lipinski definition) is 0. The molecule has 3 nitrogen and oxygen atoms in total. The van der Waals surface area contributed by atoms with Crippen molar-refractivity contribution in [3.05, 3.63) is 33.8 Å². The van der Waals surface area contributed by atoms with Gasteiger partial charge in [-0.15, -0.1) is 0 Å². The van der Waals surface area contributed by atoms with E-state index < -0.39 is 0 Å². The Morgan fingerprint density at radius 2 is 2.11 bits per heavy atom. The Labute approximate surface area is 116 Å².